The van der Waals surface area contributed by atoms with E-state index in [0.717, 1.165) is 6.42 Å². The lowest BCUT2D eigenvalue weighted by molar-refractivity contribution is -0.142. The molecule has 0 aromatic heterocycles. The van der Waals surface area contributed by atoms with Crippen LogP contribution in [0, 0.1) is 0 Å². The summed E-state index contributed by atoms with van der Waals surface area (Å²) < 4.78 is 4.79. The van der Waals surface area contributed by atoms with Gasteiger partial charge in [0, 0.05) is 4.83 Å². The smallest absolute Gasteiger partial charge is 0.307 e. The van der Waals surface area contributed by atoms with Gasteiger partial charge < -0.3 is 4.74 Å². The van der Waals surface area contributed by atoms with E-state index in [1.807, 2.05) is 6.92 Å². The summed E-state index contributed by atoms with van der Waals surface area (Å²) in [6.45, 7) is 2.29. The highest BCUT2D eigenvalue weighted by molar-refractivity contribution is 9.09. The Balaban J connectivity index is 2.18. The zero-order chi connectivity index (χ0) is 8.27. The molecule has 3 heteroatoms. The van der Waals surface area contributed by atoms with Crippen molar-refractivity contribution in [3.8, 4) is 0 Å². The molecule has 0 heterocycles. The average molecular weight is 219 g/mol. The highest BCUT2D eigenvalue weighted by atomic mass is 79.9. The molecule has 1 rings (SSSR count). The molecule has 0 radical (unpaired) electrons. The van der Waals surface area contributed by atoms with E-state index in [4.69, 9.17) is 4.74 Å². The van der Waals surface area contributed by atoms with Crippen molar-refractivity contribution in [2.75, 3.05) is 6.61 Å². The van der Waals surface area contributed by atoms with E-state index in [1.165, 1.54) is 5.57 Å². The van der Waals surface area contributed by atoms with E-state index in [0.29, 0.717) is 13.0 Å². The average Bonchev–Trinajstić information content (AvgIpc) is 2.67. The van der Waals surface area contributed by atoms with E-state index >= 15 is 0 Å². The third-order valence-electron chi connectivity index (χ3n) is 1.49. The van der Waals surface area contributed by atoms with Crippen LogP contribution in [0.25, 0.3) is 0 Å². The molecule has 0 amide bonds. The summed E-state index contributed by atoms with van der Waals surface area (Å²) in [5.74, 6) is -0.123. The number of allylic oxidation sites excluding steroid dienone is 2. The Bertz CT molecular complexity index is 187. The first-order valence-corrected chi connectivity index (χ1v) is 4.64. The van der Waals surface area contributed by atoms with E-state index < -0.39 is 0 Å². The van der Waals surface area contributed by atoms with Gasteiger partial charge in [-0.3, -0.25) is 4.79 Å². The van der Waals surface area contributed by atoms with Crippen LogP contribution in [0.3, 0.4) is 0 Å². The van der Waals surface area contributed by atoms with Crippen LogP contribution in [0.2, 0.25) is 0 Å². The van der Waals surface area contributed by atoms with Crippen molar-refractivity contribution >= 4 is 21.9 Å². The van der Waals surface area contributed by atoms with Crippen LogP contribution >= 0.6 is 15.9 Å². The van der Waals surface area contributed by atoms with E-state index in [2.05, 4.69) is 22.0 Å². The molecule has 0 saturated heterocycles. The van der Waals surface area contributed by atoms with Gasteiger partial charge in [0.1, 0.15) is 0 Å². The van der Waals surface area contributed by atoms with Crippen LogP contribution in [0.1, 0.15) is 19.8 Å². The van der Waals surface area contributed by atoms with Gasteiger partial charge in [0.25, 0.3) is 0 Å². The molecule has 0 bridgehead atoms. The third kappa shape index (κ3) is 3.06. The molecule has 0 spiro atoms. The Morgan fingerprint density at radius 2 is 2.55 bits per heavy atom. The SMILES string of the molecule is CCOC(=O)CC(Br)C1=CC1. The molecule has 1 aliphatic carbocycles. The predicted molar refractivity (Wildman–Crippen MR) is 46.7 cm³/mol. The summed E-state index contributed by atoms with van der Waals surface area (Å²) in [7, 11) is 0. The molecule has 0 aliphatic heterocycles. The number of hydrogen-bond donors (Lipinski definition) is 0. The Labute approximate surface area is 74.7 Å². The van der Waals surface area contributed by atoms with Gasteiger partial charge in [-0.15, -0.1) is 0 Å². The summed E-state index contributed by atoms with van der Waals surface area (Å²) in [5, 5.41) is 0. The molecule has 2 nitrogen and oxygen atoms in total. The van der Waals surface area contributed by atoms with Gasteiger partial charge in [-0.2, -0.15) is 0 Å². The number of esters is 1. The van der Waals surface area contributed by atoms with Gasteiger partial charge in [-0.1, -0.05) is 27.6 Å². The maximum absolute atomic E-state index is 10.9. The lowest BCUT2D eigenvalue weighted by Gasteiger charge is -2.04. The molecule has 11 heavy (non-hydrogen) atoms. The van der Waals surface area contributed by atoms with Crippen molar-refractivity contribution in [2.45, 2.75) is 24.6 Å². The summed E-state index contributed by atoms with van der Waals surface area (Å²) in [5.41, 5.74) is 1.32. The molecular weight excluding hydrogens is 208 g/mol. The third-order valence-corrected chi connectivity index (χ3v) is 2.41. The molecule has 1 aliphatic rings. The quantitative estimate of drug-likeness (QED) is 0.410. The number of ether oxygens (including phenoxy) is 1. The van der Waals surface area contributed by atoms with Crippen molar-refractivity contribution in [1.82, 2.24) is 0 Å². The standard InChI is InChI=1S/C8H11BrO2/c1-2-11-8(10)5-7(9)6-3-4-6/h3,7H,2,4-5H2,1H3. The van der Waals surface area contributed by atoms with Gasteiger partial charge in [0.2, 0.25) is 0 Å². The second-order valence-corrected chi connectivity index (χ2v) is 3.57. The van der Waals surface area contributed by atoms with Gasteiger partial charge in [0.05, 0.1) is 13.0 Å². The first kappa shape index (κ1) is 8.78. The summed E-state index contributed by atoms with van der Waals surface area (Å²) >= 11 is 3.41. The maximum Gasteiger partial charge on any atom is 0.307 e. The largest absolute Gasteiger partial charge is 0.466 e. The van der Waals surface area contributed by atoms with Gasteiger partial charge >= 0.3 is 5.97 Å². The van der Waals surface area contributed by atoms with Crippen molar-refractivity contribution in [2.24, 2.45) is 0 Å². The summed E-state index contributed by atoms with van der Waals surface area (Å²) in [4.78, 5) is 11.1. The van der Waals surface area contributed by atoms with Crippen molar-refractivity contribution in [3.05, 3.63) is 11.6 Å². The lowest BCUT2D eigenvalue weighted by Crippen LogP contribution is -2.10. The van der Waals surface area contributed by atoms with Crippen LogP contribution in [-0.2, 0) is 9.53 Å². The number of carbonyl (C=O) groups is 1. The lowest BCUT2D eigenvalue weighted by atomic mass is 10.2. The highest BCUT2D eigenvalue weighted by Crippen LogP contribution is 2.30. The summed E-state index contributed by atoms with van der Waals surface area (Å²) in [6.07, 6.45) is 3.62. The number of rotatable bonds is 4. The zero-order valence-electron chi connectivity index (χ0n) is 6.47. The van der Waals surface area contributed by atoms with Crippen molar-refractivity contribution < 1.29 is 9.53 Å². The first-order valence-electron chi connectivity index (χ1n) is 3.72. The Morgan fingerprint density at radius 1 is 1.91 bits per heavy atom. The fourth-order valence-corrected chi connectivity index (χ4v) is 1.45. The monoisotopic (exact) mass is 218 g/mol. The van der Waals surface area contributed by atoms with Gasteiger partial charge in [0.15, 0.2) is 0 Å². The molecular formula is C8H11BrO2. The highest BCUT2D eigenvalue weighted by Gasteiger charge is 2.20. The maximum atomic E-state index is 10.9. The molecule has 62 valence electrons. The number of hydrogen-bond acceptors (Lipinski definition) is 2. The Morgan fingerprint density at radius 3 is 3.00 bits per heavy atom. The second-order valence-electron chi connectivity index (χ2n) is 2.46. The molecule has 0 aromatic carbocycles. The topological polar surface area (TPSA) is 26.3 Å². The minimum atomic E-state index is -0.123. The predicted octanol–water partition coefficient (Wildman–Crippen LogP) is 2.03. The second kappa shape index (κ2) is 3.90. The van der Waals surface area contributed by atoms with Crippen LogP contribution in [0.15, 0.2) is 11.6 Å². The van der Waals surface area contributed by atoms with Crippen LogP contribution in [0.5, 0.6) is 0 Å². The van der Waals surface area contributed by atoms with Crippen LogP contribution in [-0.4, -0.2) is 17.4 Å². The Kier molecular flexibility index (Phi) is 3.12. The molecule has 0 fully saturated rings. The summed E-state index contributed by atoms with van der Waals surface area (Å²) in [6, 6.07) is 0. The fourth-order valence-electron chi connectivity index (χ4n) is 0.812. The minimum Gasteiger partial charge on any atom is -0.466 e. The van der Waals surface area contributed by atoms with Gasteiger partial charge in [-0.25, -0.2) is 0 Å². The van der Waals surface area contributed by atoms with Gasteiger partial charge in [-0.05, 0) is 13.3 Å². The van der Waals surface area contributed by atoms with Crippen molar-refractivity contribution in [3.63, 3.8) is 0 Å². The Hall–Kier alpha value is -0.310. The fraction of sp³-hybridized carbons (Fsp3) is 0.625. The van der Waals surface area contributed by atoms with E-state index in [9.17, 15) is 4.79 Å². The van der Waals surface area contributed by atoms with E-state index in [1.54, 1.807) is 0 Å². The minimum absolute atomic E-state index is 0.123. The molecule has 0 aromatic rings. The van der Waals surface area contributed by atoms with E-state index in [-0.39, 0.29) is 10.8 Å². The first-order chi connectivity index (χ1) is 5.24. The van der Waals surface area contributed by atoms with Crippen LogP contribution < -0.4 is 0 Å². The van der Waals surface area contributed by atoms with Crippen LogP contribution in [0.4, 0.5) is 0 Å². The normalized spacial score (nSPS) is 17.1. The molecule has 0 saturated carbocycles. The number of alkyl halides is 1. The molecule has 0 N–H and O–H groups in total. The number of carbonyl (C=O) groups excluding carboxylic acids is 1. The van der Waals surface area contributed by atoms with Crippen molar-refractivity contribution in [1.29, 1.82) is 0 Å². The molecule has 1 atom stereocenters. The number of halogens is 1. The zero-order valence-corrected chi connectivity index (χ0v) is 8.06. The molecule has 1 unspecified atom stereocenters.